The first kappa shape index (κ1) is 44.7. The highest BCUT2D eigenvalue weighted by Gasteiger charge is 2.48. The zero-order chi connectivity index (χ0) is 40.8. The maximum atomic E-state index is 14.5. The molecule has 5 amide bonds. The fourth-order valence-electron chi connectivity index (χ4n) is 6.72. The van der Waals surface area contributed by atoms with Crippen molar-refractivity contribution in [1.82, 2.24) is 30.5 Å². The van der Waals surface area contributed by atoms with Crippen LogP contribution in [0.2, 0.25) is 0 Å². The summed E-state index contributed by atoms with van der Waals surface area (Å²) in [6, 6.07) is 1.73. The molecule has 1 saturated carbocycles. The van der Waals surface area contributed by atoms with Gasteiger partial charge in [0.05, 0.1) is 18.0 Å². The molecule has 1 aromatic rings. The van der Waals surface area contributed by atoms with Crippen molar-refractivity contribution < 1.29 is 37.1 Å². The van der Waals surface area contributed by atoms with Crippen molar-refractivity contribution in [2.24, 2.45) is 28.6 Å². The number of Topliss-reactive ketones (excluding diaryl/α,β-unsaturated/α-hetero) is 1. The van der Waals surface area contributed by atoms with E-state index in [4.69, 9.17) is 4.74 Å². The molecule has 0 aromatic heterocycles. The predicted molar refractivity (Wildman–Crippen MR) is 207 cm³/mol. The topological polar surface area (TPSA) is 183 Å². The van der Waals surface area contributed by atoms with Crippen LogP contribution in [0.15, 0.2) is 29.2 Å². The first-order chi connectivity index (χ1) is 25.0. The van der Waals surface area contributed by atoms with Crippen molar-refractivity contribution in [1.29, 1.82) is 0 Å². The van der Waals surface area contributed by atoms with Crippen molar-refractivity contribution >= 4 is 39.6 Å². The number of likely N-dealkylation sites (N-methyl/N-ethyl adjacent to an activating group) is 1. The third-order valence-electron chi connectivity index (χ3n) is 10.5. The first-order valence-corrected chi connectivity index (χ1v) is 20.6. The smallest absolute Gasteiger partial charge is 0.315 e. The van der Waals surface area contributed by atoms with Gasteiger partial charge in [-0.05, 0) is 72.1 Å². The van der Waals surface area contributed by atoms with Gasteiger partial charge in [0.15, 0.2) is 0 Å². The number of hydrogen-bond acceptors (Lipinski definition) is 8. The van der Waals surface area contributed by atoms with E-state index in [1.807, 2.05) is 62.3 Å². The van der Waals surface area contributed by atoms with E-state index in [2.05, 4.69) is 21.3 Å². The number of nitrogens with zero attached hydrogens (tertiary/aromatic N) is 2. The maximum Gasteiger partial charge on any atom is 0.315 e. The van der Waals surface area contributed by atoms with E-state index in [1.54, 1.807) is 12.1 Å². The summed E-state index contributed by atoms with van der Waals surface area (Å²) in [7, 11) is -0.973. The summed E-state index contributed by atoms with van der Waals surface area (Å²) < 4.78 is 33.3. The molecule has 0 bridgehead atoms. The molecule has 5 atom stereocenters. The van der Waals surface area contributed by atoms with Gasteiger partial charge in [-0.15, -0.1) is 0 Å². The molecule has 0 radical (unpaired) electrons. The quantitative estimate of drug-likeness (QED) is 0.173. The highest BCUT2D eigenvalue weighted by molar-refractivity contribution is 7.89. The minimum absolute atomic E-state index is 0.0204. The lowest BCUT2D eigenvalue weighted by molar-refractivity contribution is -0.145. The van der Waals surface area contributed by atoms with Crippen molar-refractivity contribution in [3.05, 3.63) is 24.3 Å². The van der Waals surface area contributed by atoms with Crippen molar-refractivity contribution in [2.45, 2.75) is 123 Å². The van der Waals surface area contributed by atoms with Gasteiger partial charge < -0.3 is 30.9 Å². The highest BCUT2D eigenvalue weighted by atomic mass is 32.2. The minimum atomic E-state index is -3.92. The number of ether oxygens (including phenoxy) is 1. The lowest BCUT2D eigenvalue weighted by atomic mass is 9.84. The number of urea groups is 1. The predicted octanol–water partition coefficient (Wildman–Crippen LogP) is 3.70. The Kier molecular flexibility index (Phi) is 15.1. The van der Waals surface area contributed by atoms with E-state index >= 15 is 0 Å². The van der Waals surface area contributed by atoms with E-state index in [1.165, 1.54) is 35.5 Å². The summed E-state index contributed by atoms with van der Waals surface area (Å²) in [6.07, 6.45) is 3.41. The second-order valence-electron chi connectivity index (χ2n) is 17.3. The van der Waals surface area contributed by atoms with Gasteiger partial charge in [0.1, 0.15) is 17.8 Å². The zero-order valence-corrected chi connectivity index (χ0v) is 34.9. The number of carbonyl (C=O) groups excluding carboxylic acids is 5. The molecule has 4 N–H and O–H groups in total. The Labute approximate surface area is 322 Å². The normalized spacial score (nSPS) is 19.5. The largest absolute Gasteiger partial charge is 0.497 e. The number of rotatable bonds is 17. The molecule has 14 nitrogen and oxygen atoms in total. The van der Waals surface area contributed by atoms with Crippen LogP contribution in [0, 0.1) is 28.6 Å². The molecule has 15 heteroatoms. The SMILES string of the molecule is CCCNC(=O)C(=O)C(CC1CC1)NC(=O)[C@@H]1[C@@H](C(C)C)CCN1C(=O)[C@@H](NC(=O)N[C@H](CN(C)S(=O)(=O)c1ccc(OC)cc1)C(C)(C)C)C(C)(C)C. The summed E-state index contributed by atoms with van der Waals surface area (Å²) in [4.78, 5) is 69.9. The van der Waals surface area contributed by atoms with Crippen LogP contribution in [0.25, 0.3) is 0 Å². The van der Waals surface area contributed by atoms with Gasteiger partial charge >= 0.3 is 6.03 Å². The van der Waals surface area contributed by atoms with Crippen molar-refractivity contribution in [2.75, 3.05) is 33.8 Å². The Morgan fingerprint density at radius 2 is 1.54 bits per heavy atom. The molecular weight excluding hydrogens is 713 g/mol. The lowest BCUT2D eigenvalue weighted by Gasteiger charge is -2.38. The summed E-state index contributed by atoms with van der Waals surface area (Å²) in [5.74, 6) is -1.80. The van der Waals surface area contributed by atoms with E-state index < -0.39 is 74.6 Å². The summed E-state index contributed by atoms with van der Waals surface area (Å²) >= 11 is 0. The van der Waals surface area contributed by atoms with Crippen LogP contribution in [0.3, 0.4) is 0 Å². The number of likely N-dealkylation sites (tertiary alicyclic amines) is 1. The molecule has 1 aromatic carbocycles. The van der Waals surface area contributed by atoms with Crippen molar-refractivity contribution in [3.8, 4) is 5.75 Å². The summed E-state index contributed by atoms with van der Waals surface area (Å²) in [6.45, 7) is 17.5. The number of carbonyl (C=O) groups is 5. The Morgan fingerprint density at radius 3 is 2.04 bits per heavy atom. The molecule has 1 saturated heterocycles. The van der Waals surface area contributed by atoms with Crippen LogP contribution in [-0.2, 0) is 29.2 Å². The van der Waals surface area contributed by atoms with Crippen molar-refractivity contribution in [3.63, 3.8) is 0 Å². The number of methoxy groups -OCH3 is 1. The molecular formula is C39H64N6O8S. The molecule has 1 heterocycles. The monoisotopic (exact) mass is 776 g/mol. The third-order valence-corrected chi connectivity index (χ3v) is 12.3. The zero-order valence-electron chi connectivity index (χ0n) is 34.1. The number of sulfonamides is 1. The molecule has 3 rings (SSSR count). The van der Waals surface area contributed by atoms with Crippen LogP contribution in [0.1, 0.15) is 94.4 Å². The minimum Gasteiger partial charge on any atom is -0.497 e. The van der Waals surface area contributed by atoms with Crippen LogP contribution < -0.4 is 26.0 Å². The number of benzene rings is 1. The first-order valence-electron chi connectivity index (χ1n) is 19.1. The van der Waals surface area contributed by atoms with Gasteiger partial charge in [-0.25, -0.2) is 13.2 Å². The number of nitrogens with one attached hydrogen (secondary N) is 4. The number of hydrogen-bond donors (Lipinski definition) is 4. The molecule has 2 aliphatic rings. The van der Waals surface area contributed by atoms with Gasteiger partial charge in [0.2, 0.25) is 27.6 Å². The maximum absolute atomic E-state index is 14.5. The van der Waals surface area contributed by atoms with E-state index in [0.29, 0.717) is 31.6 Å². The summed E-state index contributed by atoms with van der Waals surface area (Å²) in [5.41, 5.74) is -1.38. The average molecular weight is 777 g/mol. The van der Waals surface area contributed by atoms with Gasteiger partial charge in [0.25, 0.3) is 5.91 Å². The van der Waals surface area contributed by atoms with E-state index in [-0.39, 0.29) is 35.7 Å². The van der Waals surface area contributed by atoms with Crippen LogP contribution in [0.4, 0.5) is 4.79 Å². The average Bonchev–Trinajstić information content (AvgIpc) is 3.80. The van der Waals surface area contributed by atoms with Gasteiger partial charge in [-0.1, -0.05) is 75.2 Å². The van der Waals surface area contributed by atoms with Crippen LogP contribution >= 0.6 is 0 Å². The lowest BCUT2D eigenvalue weighted by Crippen LogP contribution is -2.62. The Morgan fingerprint density at radius 1 is 0.926 bits per heavy atom. The molecule has 54 heavy (non-hydrogen) atoms. The molecule has 304 valence electrons. The molecule has 0 spiro atoms. The standard InChI is InChI=1S/C39H64N6O8S/c1-12-20-40-35(48)32(46)29(22-25-13-14-25)41-34(47)31-28(24(2)3)19-21-45(31)36(49)33(39(7,8)9)43-37(50)42-30(38(4,5)6)23-44(10)54(51,52)27-17-15-26(53-11)16-18-27/h15-18,24-25,28-31,33H,12-14,19-23H2,1-11H3,(H,40,48)(H,41,47)(H2,42,43,50)/t28-,29?,30-,31+,33-/m1/s1. The van der Waals surface area contributed by atoms with Crippen LogP contribution in [-0.4, -0.2) is 105 Å². The third kappa shape index (κ3) is 11.6. The molecule has 2 fully saturated rings. The van der Waals surface area contributed by atoms with E-state index in [0.717, 1.165) is 12.8 Å². The number of amides is 5. The molecule has 1 aliphatic carbocycles. The highest BCUT2D eigenvalue weighted by Crippen LogP contribution is 2.36. The fourth-order valence-corrected chi connectivity index (χ4v) is 7.91. The summed E-state index contributed by atoms with van der Waals surface area (Å²) in [5, 5.41) is 11.3. The van der Waals surface area contributed by atoms with Gasteiger partial charge in [-0.2, -0.15) is 4.31 Å². The fraction of sp³-hybridized carbons (Fsp3) is 0.718. The second kappa shape index (κ2) is 18.3. The molecule has 1 aliphatic heterocycles. The second-order valence-corrected chi connectivity index (χ2v) is 19.4. The van der Waals surface area contributed by atoms with Gasteiger partial charge in [-0.3, -0.25) is 19.2 Å². The molecule has 1 unspecified atom stereocenters. The number of ketones is 1. The van der Waals surface area contributed by atoms with E-state index in [9.17, 15) is 32.4 Å². The van der Waals surface area contributed by atoms with Gasteiger partial charge in [0, 0.05) is 32.7 Å². The van der Waals surface area contributed by atoms with Crippen LogP contribution in [0.5, 0.6) is 5.75 Å². The Bertz CT molecular complexity index is 1600. The Balaban J connectivity index is 1.83. The Hall–Kier alpha value is -3.72.